The van der Waals surface area contributed by atoms with Crippen LogP contribution in [0.25, 0.3) is 10.7 Å². The number of nitriles is 1. The minimum Gasteiger partial charge on any atom is -0.337 e. The van der Waals surface area contributed by atoms with Gasteiger partial charge in [0.15, 0.2) is 0 Å². The van der Waals surface area contributed by atoms with Crippen molar-refractivity contribution in [2.24, 2.45) is 0 Å². The Morgan fingerprint density at radius 1 is 1.33 bits per heavy atom. The second kappa shape index (κ2) is 6.34. The Bertz CT molecular complexity index is 1070. The van der Waals surface area contributed by atoms with Crippen LogP contribution in [0.5, 0.6) is 0 Å². The van der Waals surface area contributed by atoms with Gasteiger partial charge in [-0.1, -0.05) is 23.4 Å². The van der Waals surface area contributed by atoms with Crippen molar-refractivity contribution in [1.82, 2.24) is 20.4 Å². The largest absolute Gasteiger partial charge is 0.337 e. The van der Waals surface area contributed by atoms with Crippen LogP contribution in [0.4, 0.5) is 4.79 Å². The van der Waals surface area contributed by atoms with Crippen molar-refractivity contribution in [2.45, 2.75) is 19.0 Å². The summed E-state index contributed by atoms with van der Waals surface area (Å²) in [6.45, 7) is 1.48. The SMILES string of the molecule is C[C@]1(c2cccc(C#N)c2)NC(=O)N(Cc2nc(-c3cccs3)no2)C1=O. The number of nitrogens with zero attached hydrogens (tertiary/aromatic N) is 4. The van der Waals surface area contributed by atoms with Gasteiger partial charge in [0.05, 0.1) is 16.5 Å². The van der Waals surface area contributed by atoms with Crippen molar-refractivity contribution in [1.29, 1.82) is 5.26 Å². The summed E-state index contributed by atoms with van der Waals surface area (Å²) < 4.78 is 5.19. The number of urea groups is 1. The van der Waals surface area contributed by atoms with Crippen LogP contribution in [0.3, 0.4) is 0 Å². The van der Waals surface area contributed by atoms with Gasteiger partial charge in [0.25, 0.3) is 5.91 Å². The number of nitrogens with one attached hydrogen (secondary N) is 1. The van der Waals surface area contributed by atoms with Gasteiger partial charge in [0, 0.05) is 0 Å². The maximum absolute atomic E-state index is 12.9. The summed E-state index contributed by atoms with van der Waals surface area (Å²) in [7, 11) is 0. The first-order chi connectivity index (χ1) is 13.0. The molecule has 1 N–H and O–H groups in total. The predicted molar refractivity (Wildman–Crippen MR) is 95.2 cm³/mol. The molecule has 4 rings (SSSR count). The fourth-order valence-corrected chi connectivity index (χ4v) is 3.55. The molecule has 0 spiro atoms. The third kappa shape index (κ3) is 2.86. The van der Waals surface area contributed by atoms with Gasteiger partial charge in [-0.25, -0.2) is 4.79 Å². The van der Waals surface area contributed by atoms with E-state index in [4.69, 9.17) is 9.78 Å². The molecule has 1 fully saturated rings. The highest BCUT2D eigenvalue weighted by Crippen LogP contribution is 2.30. The van der Waals surface area contributed by atoms with Gasteiger partial charge < -0.3 is 9.84 Å². The van der Waals surface area contributed by atoms with E-state index >= 15 is 0 Å². The van der Waals surface area contributed by atoms with Crippen LogP contribution in [0, 0.1) is 11.3 Å². The molecule has 0 radical (unpaired) electrons. The van der Waals surface area contributed by atoms with Gasteiger partial charge in [-0.05, 0) is 36.1 Å². The number of carbonyl (C=O) groups is 2. The Labute approximate surface area is 158 Å². The van der Waals surface area contributed by atoms with Gasteiger partial charge in [0.1, 0.15) is 12.1 Å². The normalized spacial score (nSPS) is 19.2. The standard InChI is InChI=1S/C18H13N5O3S/c1-18(12-5-2-4-11(8-12)9-19)16(24)23(17(25)21-18)10-14-20-15(22-26-14)13-6-3-7-27-13/h2-8H,10H2,1H3,(H,21,25)/t18-/m1/s1. The van der Waals surface area contributed by atoms with Gasteiger partial charge in [0.2, 0.25) is 11.7 Å². The minimum atomic E-state index is -1.26. The molecule has 1 aromatic carbocycles. The summed E-state index contributed by atoms with van der Waals surface area (Å²) in [5, 5.41) is 17.5. The Morgan fingerprint density at radius 2 is 2.19 bits per heavy atom. The zero-order chi connectivity index (χ0) is 19.0. The lowest BCUT2D eigenvalue weighted by molar-refractivity contribution is -0.131. The van der Waals surface area contributed by atoms with E-state index in [2.05, 4.69) is 15.5 Å². The summed E-state index contributed by atoms with van der Waals surface area (Å²) in [6, 6.07) is 11.8. The van der Waals surface area contributed by atoms with Crippen LogP contribution in [0.15, 0.2) is 46.3 Å². The average molecular weight is 379 g/mol. The number of rotatable bonds is 4. The molecule has 0 unspecified atom stereocenters. The molecule has 3 heterocycles. The highest BCUT2D eigenvalue weighted by atomic mass is 32.1. The van der Waals surface area contributed by atoms with Crippen LogP contribution in [-0.4, -0.2) is 27.0 Å². The number of benzene rings is 1. The van der Waals surface area contributed by atoms with Crippen LogP contribution in [0.2, 0.25) is 0 Å². The maximum Gasteiger partial charge on any atom is 0.325 e. The fourth-order valence-electron chi connectivity index (χ4n) is 2.90. The van der Waals surface area contributed by atoms with E-state index in [9.17, 15) is 9.59 Å². The highest BCUT2D eigenvalue weighted by molar-refractivity contribution is 7.13. The summed E-state index contributed by atoms with van der Waals surface area (Å²) >= 11 is 1.46. The minimum absolute atomic E-state index is 0.128. The van der Waals surface area contributed by atoms with E-state index in [-0.39, 0.29) is 12.4 Å². The van der Waals surface area contributed by atoms with Crippen molar-refractivity contribution in [3.05, 3.63) is 58.8 Å². The summed E-state index contributed by atoms with van der Waals surface area (Å²) in [5.41, 5.74) is -0.320. The molecule has 9 heteroatoms. The summed E-state index contributed by atoms with van der Waals surface area (Å²) in [6.07, 6.45) is 0. The second-order valence-electron chi connectivity index (χ2n) is 6.13. The summed E-state index contributed by atoms with van der Waals surface area (Å²) in [4.78, 5) is 31.5. The molecule has 0 saturated carbocycles. The number of hydrogen-bond acceptors (Lipinski definition) is 7. The molecule has 8 nitrogen and oxygen atoms in total. The third-order valence-corrected chi connectivity index (χ3v) is 5.21. The predicted octanol–water partition coefficient (Wildman–Crippen LogP) is 2.64. The molecule has 1 aliphatic rings. The van der Waals surface area contributed by atoms with Crippen molar-refractivity contribution in [3.63, 3.8) is 0 Å². The second-order valence-corrected chi connectivity index (χ2v) is 7.08. The Hall–Kier alpha value is -3.51. The Kier molecular flexibility index (Phi) is 3.97. The zero-order valence-corrected chi connectivity index (χ0v) is 15.0. The molecule has 3 aromatic rings. The van der Waals surface area contributed by atoms with Crippen LogP contribution < -0.4 is 5.32 Å². The van der Waals surface area contributed by atoms with Gasteiger partial charge in [-0.2, -0.15) is 10.2 Å². The summed E-state index contributed by atoms with van der Waals surface area (Å²) in [5.74, 6) is 0.131. The van der Waals surface area contributed by atoms with E-state index in [1.165, 1.54) is 11.3 Å². The average Bonchev–Trinajstić information content (AvgIpc) is 3.40. The highest BCUT2D eigenvalue weighted by Gasteiger charge is 2.49. The molecular weight excluding hydrogens is 366 g/mol. The lowest BCUT2D eigenvalue weighted by atomic mass is 9.91. The molecule has 1 atom stereocenters. The van der Waals surface area contributed by atoms with Gasteiger partial charge in [-0.3, -0.25) is 9.69 Å². The molecule has 1 saturated heterocycles. The number of amides is 3. The molecular formula is C18H13N5O3S. The van der Waals surface area contributed by atoms with Gasteiger partial charge in [-0.15, -0.1) is 11.3 Å². The first-order valence-corrected chi connectivity index (χ1v) is 8.90. The van der Waals surface area contributed by atoms with Crippen LogP contribution >= 0.6 is 11.3 Å². The zero-order valence-electron chi connectivity index (χ0n) is 14.2. The topological polar surface area (TPSA) is 112 Å². The molecule has 134 valence electrons. The maximum atomic E-state index is 12.9. The number of imide groups is 1. The molecule has 27 heavy (non-hydrogen) atoms. The number of carbonyl (C=O) groups excluding carboxylic acids is 2. The Balaban J connectivity index is 1.59. The molecule has 0 bridgehead atoms. The van der Waals surface area contributed by atoms with E-state index in [1.54, 1.807) is 31.2 Å². The quantitative estimate of drug-likeness (QED) is 0.698. The van der Waals surface area contributed by atoms with E-state index < -0.39 is 17.5 Å². The lowest BCUT2D eigenvalue weighted by Gasteiger charge is -2.22. The van der Waals surface area contributed by atoms with Crippen molar-refractivity contribution in [2.75, 3.05) is 0 Å². The van der Waals surface area contributed by atoms with E-state index in [1.807, 2.05) is 23.6 Å². The fraction of sp³-hybridized carbons (Fsp3) is 0.167. The van der Waals surface area contributed by atoms with E-state index in [0.29, 0.717) is 17.0 Å². The lowest BCUT2D eigenvalue weighted by Crippen LogP contribution is -2.40. The first kappa shape index (κ1) is 16.9. The molecule has 1 aliphatic heterocycles. The smallest absolute Gasteiger partial charge is 0.325 e. The molecule has 0 aliphatic carbocycles. The van der Waals surface area contributed by atoms with Crippen molar-refractivity contribution >= 4 is 23.3 Å². The number of hydrogen-bond donors (Lipinski definition) is 1. The van der Waals surface area contributed by atoms with Crippen molar-refractivity contribution < 1.29 is 14.1 Å². The van der Waals surface area contributed by atoms with E-state index in [0.717, 1.165) is 9.78 Å². The van der Waals surface area contributed by atoms with Gasteiger partial charge >= 0.3 is 6.03 Å². The Morgan fingerprint density at radius 3 is 2.93 bits per heavy atom. The number of aromatic nitrogens is 2. The first-order valence-electron chi connectivity index (χ1n) is 8.02. The van der Waals surface area contributed by atoms with Crippen LogP contribution in [0.1, 0.15) is 23.9 Å². The van der Waals surface area contributed by atoms with Crippen molar-refractivity contribution in [3.8, 4) is 16.8 Å². The molecule has 3 amide bonds. The third-order valence-electron chi connectivity index (χ3n) is 4.35. The monoisotopic (exact) mass is 379 g/mol. The molecule has 2 aromatic heterocycles. The number of thiophene rings is 1. The van der Waals surface area contributed by atoms with Crippen LogP contribution in [-0.2, 0) is 16.9 Å².